The van der Waals surface area contributed by atoms with Crippen molar-refractivity contribution in [2.45, 2.75) is 52.0 Å². The van der Waals surface area contributed by atoms with Gasteiger partial charge in [0.05, 0.1) is 6.61 Å². The molecule has 1 aliphatic rings. The lowest BCUT2D eigenvalue weighted by atomic mass is 9.72. The monoisotopic (exact) mass is 327 g/mol. The van der Waals surface area contributed by atoms with Crippen molar-refractivity contribution in [2.75, 3.05) is 27.3 Å². The third kappa shape index (κ3) is 5.10. The molecule has 0 bridgehead atoms. The molecule has 1 aromatic carbocycles. The molecule has 0 N–H and O–H groups in total. The average molecular weight is 328 g/mol. The van der Waals surface area contributed by atoms with Crippen molar-refractivity contribution < 1.29 is 4.74 Å². The number of hydrogen-bond donors (Lipinski definition) is 0. The Morgan fingerprint density at radius 3 is 2.29 bits per heavy atom. The molecule has 1 saturated carbocycles. The molecule has 0 atom stereocenters. The van der Waals surface area contributed by atoms with Crippen LogP contribution in [0.25, 0.3) is 0 Å². The molecule has 0 amide bonds. The molecule has 2 nitrogen and oxygen atoms in total. The van der Waals surface area contributed by atoms with Crippen molar-refractivity contribution in [3.8, 4) is 11.8 Å². The zero-order valence-electron chi connectivity index (χ0n) is 16.1. The predicted molar refractivity (Wildman–Crippen MR) is 102 cm³/mol. The van der Waals surface area contributed by atoms with Gasteiger partial charge < -0.3 is 4.74 Å². The van der Waals surface area contributed by atoms with Gasteiger partial charge in [-0.1, -0.05) is 42.2 Å². The van der Waals surface area contributed by atoms with Crippen LogP contribution >= 0.6 is 0 Å². The Balaban J connectivity index is 1.86. The lowest BCUT2D eigenvalue weighted by molar-refractivity contribution is 0.0423. The summed E-state index contributed by atoms with van der Waals surface area (Å²) in [5.74, 6) is 7.04. The quantitative estimate of drug-likeness (QED) is 0.574. The standard InChI is InChI=1S/C22H33NO/c1-21(2,3)14-9-17-24-18-19-12-15-22(16-13-19,23(4)5)20-10-7-6-8-11-20/h6-8,10-11,19H,12-13,15-18H2,1-5H3. The van der Waals surface area contributed by atoms with Crippen LogP contribution in [0.3, 0.4) is 0 Å². The fourth-order valence-corrected chi connectivity index (χ4v) is 3.64. The van der Waals surface area contributed by atoms with E-state index in [4.69, 9.17) is 4.74 Å². The van der Waals surface area contributed by atoms with Crippen LogP contribution < -0.4 is 0 Å². The van der Waals surface area contributed by atoms with Crippen LogP contribution in [0.5, 0.6) is 0 Å². The molecule has 1 fully saturated rings. The van der Waals surface area contributed by atoms with Gasteiger partial charge in [0.15, 0.2) is 0 Å². The van der Waals surface area contributed by atoms with Crippen LogP contribution in [-0.2, 0) is 10.3 Å². The van der Waals surface area contributed by atoms with Crippen LogP contribution in [0.15, 0.2) is 30.3 Å². The van der Waals surface area contributed by atoms with Gasteiger partial charge in [-0.05, 0) is 72.0 Å². The summed E-state index contributed by atoms with van der Waals surface area (Å²) in [4.78, 5) is 2.41. The lowest BCUT2D eigenvalue weighted by Crippen LogP contribution is -2.44. The van der Waals surface area contributed by atoms with Gasteiger partial charge in [-0.25, -0.2) is 0 Å². The molecular formula is C22H33NO. The Morgan fingerprint density at radius 1 is 1.12 bits per heavy atom. The van der Waals surface area contributed by atoms with E-state index in [1.54, 1.807) is 0 Å². The van der Waals surface area contributed by atoms with Crippen molar-refractivity contribution in [1.29, 1.82) is 0 Å². The number of rotatable bonds is 5. The highest BCUT2D eigenvalue weighted by Crippen LogP contribution is 2.42. The fraction of sp³-hybridized carbons (Fsp3) is 0.636. The van der Waals surface area contributed by atoms with Gasteiger partial charge in [-0.2, -0.15) is 0 Å². The molecule has 0 unspecified atom stereocenters. The van der Waals surface area contributed by atoms with Crippen molar-refractivity contribution in [3.05, 3.63) is 35.9 Å². The van der Waals surface area contributed by atoms with E-state index in [0.29, 0.717) is 12.5 Å². The summed E-state index contributed by atoms with van der Waals surface area (Å²) in [6, 6.07) is 11.0. The Hall–Kier alpha value is -1.30. The second-order valence-corrected chi connectivity index (χ2v) is 8.30. The molecule has 0 radical (unpaired) electrons. The van der Waals surface area contributed by atoms with Gasteiger partial charge in [0, 0.05) is 11.0 Å². The van der Waals surface area contributed by atoms with E-state index < -0.39 is 0 Å². The smallest absolute Gasteiger partial charge is 0.107 e. The van der Waals surface area contributed by atoms with Crippen molar-refractivity contribution in [3.63, 3.8) is 0 Å². The van der Waals surface area contributed by atoms with Crippen LogP contribution in [0.2, 0.25) is 0 Å². The summed E-state index contributed by atoms with van der Waals surface area (Å²) >= 11 is 0. The van der Waals surface area contributed by atoms with E-state index >= 15 is 0 Å². The lowest BCUT2D eigenvalue weighted by Gasteiger charge is -2.45. The number of ether oxygens (including phenoxy) is 1. The Morgan fingerprint density at radius 2 is 1.75 bits per heavy atom. The molecule has 0 heterocycles. The van der Waals surface area contributed by atoms with Gasteiger partial charge in [0.25, 0.3) is 0 Å². The largest absolute Gasteiger partial charge is 0.368 e. The first-order valence-corrected chi connectivity index (χ1v) is 9.14. The molecule has 1 aliphatic carbocycles. The highest BCUT2D eigenvalue weighted by Gasteiger charge is 2.38. The SMILES string of the molecule is CN(C)C1(c2ccccc2)CCC(COCC#CC(C)(C)C)CC1. The van der Waals surface area contributed by atoms with Crippen molar-refractivity contribution in [2.24, 2.45) is 11.3 Å². The minimum atomic E-state index is 0.0647. The normalized spacial score (nSPS) is 24.5. The predicted octanol–water partition coefficient (Wildman–Crippen LogP) is 4.70. The zero-order valence-corrected chi connectivity index (χ0v) is 16.1. The van der Waals surface area contributed by atoms with Gasteiger partial charge in [-0.3, -0.25) is 4.90 Å². The number of hydrogen-bond acceptors (Lipinski definition) is 2. The third-order valence-corrected chi connectivity index (χ3v) is 5.09. The first-order valence-electron chi connectivity index (χ1n) is 9.14. The van der Waals surface area contributed by atoms with E-state index in [-0.39, 0.29) is 11.0 Å². The fourth-order valence-electron chi connectivity index (χ4n) is 3.64. The molecular weight excluding hydrogens is 294 g/mol. The first-order chi connectivity index (χ1) is 11.3. The maximum atomic E-state index is 5.82. The van der Waals surface area contributed by atoms with E-state index in [1.807, 2.05) is 0 Å². The molecule has 132 valence electrons. The van der Waals surface area contributed by atoms with E-state index in [2.05, 4.69) is 81.9 Å². The van der Waals surface area contributed by atoms with Crippen LogP contribution in [0, 0.1) is 23.2 Å². The summed E-state index contributed by atoms with van der Waals surface area (Å²) in [6.45, 7) is 7.80. The average Bonchev–Trinajstić information content (AvgIpc) is 2.55. The van der Waals surface area contributed by atoms with Gasteiger partial charge in [0.2, 0.25) is 0 Å². The van der Waals surface area contributed by atoms with Crippen LogP contribution in [0.1, 0.15) is 52.0 Å². The van der Waals surface area contributed by atoms with Crippen LogP contribution in [-0.4, -0.2) is 32.2 Å². The van der Waals surface area contributed by atoms with Crippen molar-refractivity contribution in [1.82, 2.24) is 4.90 Å². The molecule has 1 aromatic rings. The number of nitrogens with zero attached hydrogens (tertiary/aromatic N) is 1. The van der Waals surface area contributed by atoms with Gasteiger partial charge in [-0.15, -0.1) is 0 Å². The topological polar surface area (TPSA) is 12.5 Å². The molecule has 0 spiro atoms. The second kappa shape index (κ2) is 8.19. The van der Waals surface area contributed by atoms with Gasteiger partial charge >= 0.3 is 0 Å². The summed E-state index contributed by atoms with van der Waals surface area (Å²) in [6.07, 6.45) is 4.84. The first kappa shape index (κ1) is 19.0. The summed E-state index contributed by atoms with van der Waals surface area (Å²) in [5, 5.41) is 0. The van der Waals surface area contributed by atoms with E-state index in [0.717, 1.165) is 6.61 Å². The molecule has 0 aromatic heterocycles. The highest BCUT2D eigenvalue weighted by atomic mass is 16.5. The zero-order chi connectivity index (χ0) is 17.6. The maximum absolute atomic E-state index is 5.82. The molecule has 2 rings (SSSR count). The summed E-state index contributed by atoms with van der Waals surface area (Å²) in [7, 11) is 4.43. The number of benzene rings is 1. The summed E-state index contributed by atoms with van der Waals surface area (Å²) < 4.78 is 5.82. The summed E-state index contributed by atoms with van der Waals surface area (Å²) in [5.41, 5.74) is 1.70. The second-order valence-electron chi connectivity index (χ2n) is 8.30. The molecule has 2 heteroatoms. The Kier molecular flexibility index (Phi) is 6.49. The van der Waals surface area contributed by atoms with Crippen molar-refractivity contribution >= 4 is 0 Å². The van der Waals surface area contributed by atoms with E-state index in [1.165, 1.54) is 31.2 Å². The minimum Gasteiger partial charge on any atom is -0.368 e. The molecule has 24 heavy (non-hydrogen) atoms. The van der Waals surface area contributed by atoms with Crippen LogP contribution in [0.4, 0.5) is 0 Å². The Labute approximate surface area is 148 Å². The van der Waals surface area contributed by atoms with Gasteiger partial charge in [0.1, 0.15) is 6.61 Å². The minimum absolute atomic E-state index is 0.0647. The van der Waals surface area contributed by atoms with E-state index in [9.17, 15) is 0 Å². The molecule has 0 aliphatic heterocycles. The maximum Gasteiger partial charge on any atom is 0.107 e. The Bertz CT molecular complexity index is 551. The molecule has 0 saturated heterocycles. The third-order valence-electron chi connectivity index (χ3n) is 5.09. The highest BCUT2D eigenvalue weighted by molar-refractivity contribution is 5.25.